The number of likely N-dealkylation sites (tertiary alicyclic amines) is 1. The standard InChI is InChI=1S/C15H27N5O/c1-4-6-16-14-17-8-13(9-18-14)10-20-7-5-15(21,12-20)11-19(2)3/h8-9,21H,4-7,10-12H2,1-3H3,(H,16,17,18). The fourth-order valence-corrected chi connectivity index (χ4v) is 2.82. The summed E-state index contributed by atoms with van der Waals surface area (Å²) in [7, 11) is 3.99. The number of likely N-dealkylation sites (N-methyl/N-ethyl adjacent to an activating group) is 1. The first-order valence-corrected chi connectivity index (χ1v) is 7.65. The van der Waals surface area contributed by atoms with Gasteiger partial charge in [-0.15, -0.1) is 0 Å². The molecule has 1 atom stereocenters. The maximum absolute atomic E-state index is 10.5. The van der Waals surface area contributed by atoms with Crippen molar-refractivity contribution in [2.75, 3.05) is 45.6 Å². The van der Waals surface area contributed by atoms with Gasteiger partial charge in [0.1, 0.15) is 0 Å². The van der Waals surface area contributed by atoms with Gasteiger partial charge in [-0.3, -0.25) is 4.90 Å². The van der Waals surface area contributed by atoms with E-state index in [0.29, 0.717) is 19.0 Å². The quantitative estimate of drug-likeness (QED) is 0.775. The van der Waals surface area contributed by atoms with Crippen molar-refractivity contribution in [1.29, 1.82) is 0 Å². The average molecular weight is 293 g/mol. The number of aliphatic hydroxyl groups is 1. The van der Waals surface area contributed by atoms with E-state index in [9.17, 15) is 5.11 Å². The van der Waals surface area contributed by atoms with Crippen LogP contribution < -0.4 is 5.32 Å². The van der Waals surface area contributed by atoms with E-state index in [-0.39, 0.29) is 0 Å². The Labute approximate surface area is 127 Å². The highest BCUT2D eigenvalue weighted by Gasteiger charge is 2.36. The van der Waals surface area contributed by atoms with Crippen molar-refractivity contribution in [3.05, 3.63) is 18.0 Å². The van der Waals surface area contributed by atoms with E-state index in [1.807, 2.05) is 31.4 Å². The van der Waals surface area contributed by atoms with Crippen LogP contribution in [0.1, 0.15) is 25.3 Å². The van der Waals surface area contributed by atoms with Crippen LogP contribution in [-0.2, 0) is 6.54 Å². The Morgan fingerprint density at radius 1 is 1.38 bits per heavy atom. The van der Waals surface area contributed by atoms with E-state index < -0.39 is 5.60 Å². The number of rotatable bonds is 7. The molecule has 1 aliphatic heterocycles. The molecule has 0 bridgehead atoms. The molecule has 1 aliphatic rings. The Bertz CT molecular complexity index is 436. The first kappa shape index (κ1) is 16.1. The SMILES string of the molecule is CCCNc1ncc(CN2CCC(O)(CN(C)C)C2)cn1. The number of aromatic nitrogens is 2. The Hall–Kier alpha value is -1.24. The lowest BCUT2D eigenvalue weighted by atomic mass is 10.0. The summed E-state index contributed by atoms with van der Waals surface area (Å²) in [5.41, 5.74) is 0.499. The molecule has 1 unspecified atom stereocenters. The second kappa shape index (κ2) is 7.15. The second-order valence-electron chi connectivity index (χ2n) is 6.26. The van der Waals surface area contributed by atoms with Crippen LogP contribution in [0.25, 0.3) is 0 Å². The smallest absolute Gasteiger partial charge is 0.222 e. The van der Waals surface area contributed by atoms with Gasteiger partial charge in [0.05, 0.1) is 5.60 Å². The molecule has 1 aromatic rings. The van der Waals surface area contributed by atoms with Crippen LogP contribution in [0.4, 0.5) is 5.95 Å². The summed E-state index contributed by atoms with van der Waals surface area (Å²) in [6, 6.07) is 0. The summed E-state index contributed by atoms with van der Waals surface area (Å²) in [5, 5.41) is 13.7. The lowest BCUT2D eigenvalue weighted by Crippen LogP contribution is -2.42. The van der Waals surface area contributed by atoms with Gasteiger partial charge in [-0.1, -0.05) is 6.92 Å². The minimum absolute atomic E-state index is 0.590. The summed E-state index contributed by atoms with van der Waals surface area (Å²) < 4.78 is 0. The van der Waals surface area contributed by atoms with Crippen molar-refractivity contribution < 1.29 is 5.11 Å². The fourth-order valence-electron chi connectivity index (χ4n) is 2.82. The zero-order valence-electron chi connectivity index (χ0n) is 13.3. The zero-order chi connectivity index (χ0) is 15.3. The Morgan fingerprint density at radius 3 is 2.71 bits per heavy atom. The third-order valence-corrected chi connectivity index (χ3v) is 3.67. The molecule has 6 heteroatoms. The predicted molar refractivity (Wildman–Crippen MR) is 84.2 cm³/mol. The minimum Gasteiger partial charge on any atom is -0.387 e. The number of nitrogens with zero attached hydrogens (tertiary/aromatic N) is 4. The molecule has 1 fully saturated rings. The topological polar surface area (TPSA) is 64.5 Å². The third-order valence-electron chi connectivity index (χ3n) is 3.67. The molecule has 0 aliphatic carbocycles. The van der Waals surface area contributed by atoms with Crippen LogP contribution >= 0.6 is 0 Å². The van der Waals surface area contributed by atoms with Gasteiger partial charge in [-0.05, 0) is 26.9 Å². The van der Waals surface area contributed by atoms with E-state index in [0.717, 1.165) is 38.0 Å². The molecule has 2 N–H and O–H groups in total. The second-order valence-corrected chi connectivity index (χ2v) is 6.26. The maximum Gasteiger partial charge on any atom is 0.222 e. The highest BCUT2D eigenvalue weighted by Crippen LogP contribution is 2.23. The summed E-state index contributed by atoms with van der Waals surface area (Å²) >= 11 is 0. The molecule has 0 radical (unpaired) electrons. The number of hydrogen-bond acceptors (Lipinski definition) is 6. The van der Waals surface area contributed by atoms with E-state index in [1.165, 1.54) is 0 Å². The van der Waals surface area contributed by atoms with Crippen molar-refractivity contribution in [3.8, 4) is 0 Å². The zero-order valence-corrected chi connectivity index (χ0v) is 13.3. The van der Waals surface area contributed by atoms with Crippen LogP contribution in [0, 0.1) is 0 Å². The lowest BCUT2D eigenvalue weighted by Gasteiger charge is -2.26. The summed E-state index contributed by atoms with van der Waals surface area (Å²) in [4.78, 5) is 13.0. The molecule has 0 spiro atoms. The minimum atomic E-state index is -0.590. The van der Waals surface area contributed by atoms with Gasteiger partial charge in [0.2, 0.25) is 5.95 Å². The highest BCUT2D eigenvalue weighted by atomic mass is 16.3. The molecule has 0 aromatic carbocycles. The highest BCUT2D eigenvalue weighted by molar-refractivity contribution is 5.24. The number of β-amino-alcohol motifs (C(OH)–C–C–N with tert-alkyl or cyclic N) is 1. The van der Waals surface area contributed by atoms with Gasteiger partial charge in [0.15, 0.2) is 0 Å². The molecular formula is C15H27N5O. The van der Waals surface area contributed by atoms with Gasteiger partial charge in [-0.2, -0.15) is 0 Å². The summed E-state index contributed by atoms with van der Waals surface area (Å²) in [6.07, 6.45) is 5.62. The summed E-state index contributed by atoms with van der Waals surface area (Å²) in [5.74, 6) is 0.686. The van der Waals surface area contributed by atoms with Gasteiger partial charge >= 0.3 is 0 Å². The first-order valence-electron chi connectivity index (χ1n) is 7.65. The monoisotopic (exact) mass is 293 g/mol. The average Bonchev–Trinajstić information content (AvgIpc) is 2.78. The van der Waals surface area contributed by atoms with Gasteiger partial charge in [0.25, 0.3) is 0 Å². The van der Waals surface area contributed by atoms with E-state index in [2.05, 4.69) is 27.1 Å². The van der Waals surface area contributed by atoms with Crippen LogP contribution in [0.15, 0.2) is 12.4 Å². The largest absolute Gasteiger partial charge is 0.387 e. The lowest BCUT2D eigenvalue weighted by molar-refractivity contribution is 0.0240. The van der Waals surface area contributed by atoms with E-state index >= 15 is 0 Å². The van der Waals surface area contributed by atoms with Crippen molar-refractivity contribution in [2.24, 2.45) is 0 Å². The third kappa shape index (κ3) is 4.91. The van der Waals surface area contributed by atoms with E-state index in [1.54, 1.807) is 0 Å². The van der Waals surface area contributed by atoms with Gasteiger partial charge in [0, 0.05) is 50.7 Å². The molecule has 6 nitrogen and oxygen atoms in total. The molecule has 21 heavy (non-hydrogen) atoms. The van der Waals surface area contributed by atoms with Crippen LogP contribution in [-0.4, -0.2) is 70.7 Å². The number of hydrogen-bond donors (Lipinski definition) is 2. The maximum atomic E-state index is 10.5. The Morgan fingerprint density at radius 2 is 2.10 bits per heavy atom. The molecular weight excluding hydrogens is 266 g/mol. The van der Waals surface area contributed by atoms with Crippen molar-refractivity contribution in [1.82, 2.24) is 19.8 Å². The Balaban J connectivity index is 1.85. The number of anilines is 1. The van der Waals surface area contributed by atoms with Crippen molar-refractivity contribution in [3.63, 3.8) is 0 Å². The molecule has 1 aromatic heterocycles. The summed E-state index contributed by atoms with van der Waals surface area (Å²) in [6.45, 7) is 6.14. The van der Waals surface area contributed by atoms with E-state index in [4.69, 9.17) is 0 Å². The van der Waals surface area contributed by atoms with Crippen LogP contribution in [0.2, 0.25) is 0 Å². The van der Waals surface area contributed by atoms with Crippen molar-refractivity contribution in [2.45, 2.75) is 31.9 Å². The molecule has 0 amide bonds. The molecule has 2 heterocycles. The fraction of sp³-hybridized carbons (Fsp3) is 0.733. The van der Waals surface area contributed by atoms with Gasteiger partial charge < -0.3 is 15.3 Å². The molecule has 118 valence electrons. The number of nitrogens with one attached hydrogen (secondary N) is 1. The Kier molecular flexibility index (Phi) is 5.50. The normalized spacial score (nSPS) is 22.9. The molecule has 0 saturated carbocycles. The first-order chi connectivity index (χ1) is 10.0. The molecule has 1 saturated heterocycles. The molecule has 2 rings (SSSR count). The van der Waals surface area contributed by atoms with Crippen LogP contribution in [0.3, 0.4) is 0 Å². The van der Waals surface area contributed by atoms with Crippen molar-refractivity contribution >= 4 is 5.95 Å². The van der Waals surface area contributed by atoms with Gasteiger partial charge in [-0.25, -0.2) is 9.97 Å². The van der Waals surface area contributed by atoms with Crippen LogP contribution in [0.5, 0.6) is 0 Å². The predicted octanol–water partition coefficient (Wildman–Crippen LogP) is 0.797.